The Morgan fingerprint density at radius 2 is 1.74 bits per heavy atom. The minimum atomic E-state index is -0.0178. The summed E-state index contributed by atoms with van der Waals surface area (Å²) >= 11 is 0. The maximum Gasteiger partial charge on any atom is 0.308 e. The number of rotatable bonds is 3. The molecular weight excluding hydrogens is 240 g/mol. The lowest BCUT2D eigenvalue weighted by molar-refractivity contribution is -0.147. The van der Waals surface area contributed by atoms with Gasteiger partial charge in [-0.15, -0.1) is 0 Å². The molecule has 0 radical (unpaired) electrons. The average molecular weight is 268 g/mol. The van der Waals surface area contributed by atoms with E-state index in [-0.39, 0.29) is 11.9 Å². The molecule has 3 nitrogen and oxygen atoms in total. The van der Waals surface area contributed by atoms with Gasteiger partial charge in [-0.3, -0.25) is 4.79 Å². The minimum absolute atomic E-state index is 0.0178. The van der Waals surface area contributed by atoms with Crippen LogP contribution in [-0.4, -0.2) is 24.8 Å². The molecule has 2 rings (SSSR count). The van der Waals surface area contributed by atoms with E-state index < -0.39 is 0 Å². The summed E-state index contributed by atoms with van der Waals surface area (Å²) in [5.41, 5.74) is 0. The van der Waals surface area contributed by atoms with Crippen LogP contribution in [0.2, 0.25) is 0 Å². The summed E-state index contributed by atoms with van der Waals surface area (Å²) in [4.78, 5) is 11.5. The van der Waals surface area contributed by atoms with Gasteiger partial charge in [-0.1, -0.05) is 6.92 Å². The van der Waals surface area contributed by atoms with Crippen LogP contribution in [0, 0.1) is 29.6 Å². The van der Waals surface area contributed by atoms with Gasteiger partial charge in [-0.25, -0.2) is 0 Å². The van der Waals surface area contributed by atoms with E-state index in [4.69, 9.17) is 4.74 Å². The Labute approximate surface area is 116 Å². The van der Waals surface area contributed by atoms with Crippen LogP contribution in [0.25, 0.3) is 0 Å². The van der Waals surface area contributed by atoms with E-state index in [9.17, 15) is 9.90 Å². The number of carbonyl (C=O) groups excluding carboxylic acids is 1. The van der Waals surface area contributed by atoms with E-state index in [1.807, 2.05) is 0 Å². The highest BCUT2D eigenvalue weighted by molar-refractivity contribution is 5.72. The highest BCUT2D eigenvalue weighted by Crippen LogP contribution is 2.43. The lowest BCUT2D eigenvalue weighted by Crippen LogP contribution is -2.32. The molecule has 0 bridgehead atoms. The quantitative estimate of drug-likeness (QED) is 0.800. The third-order valence-electron chi connectivity index (χ3n) is 5.60. The molecule has 3 unspecified atom stereocenters. The molecule has 0 spiro atoms. The molecule has 2 saturated carbocycles. The van der Waals surface area contributed by atoms with Crippen LogP contribution in [-0.2, 0) is 9.53 Å². The van der Waals surface area contributed by atoms with E-state index in [0.717, 1.165) is 24.7 Å². The first-order valence-corrected chi connectivity index (χ1v) is 7.84. The topological polar surface area (TPSA) is 46.5 Å². The van der Waals surface area contributed by atoms with Crippen molar-refractivity contribution in [2.24, 2.45) is 29.6 Å². The molecule has 19 heavy (non-hydrogen) atoms. The van der Waals surface area contributed by atoms with Gasteiger partial charge in [0.1, 0.15) is 0 Å². The van der Waals surface area contributed by atoms with E-state index in [0.29, 0.717) is 18.4 Å². The molecule has 2 aliphatic carbocycles. The Kier molecular flexibility index (Phi) is 5.26. The van der Waals surface area contributed by atoms with Crippen LogP contribution in [0.15, 0.2) is 0 Å². The van der Waals surface area contributed by atoms with Gasteiger partial charge in [-0.05, 0) is 68.6 Å². The van der Waals surface area contributed by atoms with Gasteiger partial charge in [0.15, 0.2) is 0 Å². The Hall–Kier alpha value is -0.570. The minimum Gasteiger partial charge on any atom is -0.469 e. The summed E-state index contributed by atoms with van der Waals surface area (Å²) in [7, 11) is 1.49. The maximum atomic E-state index is 11.5. The van der Waals surface area contributed by atoms with Gasteiger partial charge < -0.3 is 9.84 Å². The van der Waals surface area contributed by atoms with Crippen LogP contribution in [0.3, 0.4) is 0 Å². The average Bonchev–Trinajstić information content (AvgIpc) is 2.46. The van der Waals surface area contributed by atoms with E-state index in [1.165, 1.54) is 39.2 Å². The molecule has 110 valence electrons. The normalized spacial score (nSPS) is 39.8. The Bertz CT molecular complexity index is 294. The molecule has 0 saturated heterocycles. The number of aliphatic hydroxyl groups excluding tert-OH is 1. The Balaban J connectivity index is 1.80. The lowest BCUT2D eigenvalue weighted by atomic mass is 9.66. The number of ether oxygens (including phenoxy) is 1. The fraction of sp³-hybridized carbons (Fsp3) is 0.938. The standard InChI is InChI=1S/C16H28O3/c1-11-9-14(7-8-15(11)10-17)12-3-5-13(6-4-12)16(18)19-2/h11-15,17H,3-10H2,1-2H3. The van der Waals surface area contributed by atoms with Gasteiger partial charge in [0.25, 0.3) is 0 Å². The second-order valence-electron chi connectivity index (χ2n) is 6.63. The summed E-state index contributed by atoms with van der Waals surface area (Å²) in [5, 5.41) is 9.33. The fourth-order valence-corrected chi connectivity index (χ4v) is 4.19. The van der Waals surface area contributed by atoms with Crippen molar-refractivity contribution in [2.75, 3.05) is 13.7 Å². The summed E-state index contributed by atoms with van der Waals surface area (Å²) in [6.45, 7) is 2.64. The largest absolute Gasteiger partial charge is 0.469 e. The van der Waals surface area contributed by atoms with E-state index in [1.54, 1.807) is 0 Å². The van der Waals surface area contributed by atoms with Crippen LogP contribution >= 0.6 is 0 Å². The highest BCUT2D eigenvalue weighted by atomic mass is 16.5. The highest BCUT2D eigenvalue weighted by Gasteiger charge is 2.35. The smallest absolute Gasteiger partial charge is 0.308 e. The van der Waals surface area contributed by atoms with Gasteiger partial charge in [0.05, 0.1) is 13.0 Å². The van der Waals surface area contributed by atoms with Crippen molar-refractivity contribution in [1.29, 1.82) is 0 Å². The number of esters is 1. The number of hydrogen-bond acceptors (Lipinski definition) is 3. The number of aliphatic hydroxyl groups is 1. The predicted molar refractivity (Wildman–Crippen MR) is 74.5 cm³/mol. The zero-order valence-electron chi connectivity index (χ0n) is 12.3. The Morgan fingerprint density at radius 1 is 1.11 bits per heavy atom. The first-order valence-electron chi connectivity index (χ1n) is 7.84. The zero-order chi connectivity index (χ0) is 13.8. The van der Waals surface area contributed by atoms with Crippen molar-refractivity contribution in [3.8, 4) is 0 Å². The zero-order valence-corrected chi connectivity index (χ0v) is 12.3. The van der Waals surface area contributed by atoms with E-state index in [2.05, 4.69) is 6.92 Å². The summed E-state index contributed by atoms with van der Waals surface area (Å²) < 4.78 is 4.85. The van der Waals surface area contributed by atoms with Crippen molar-refractivity contribution in [1.82, 2.24) is 0 Å². The molecule has 0 amide bonds. The molecule has 0 aromatic carbocycles. The number of hydrogen-bond donors (Lipinski definition) is 1. The molecule has 0 heterocycles. The van der Waals surface area contributed by atoms with Crippen molar-refractivity contribution in [2.45, 2.75) is 51.9 Å². The molecular formula is C16H28O3. The number of carbonyl (C=O) groups is 1. The molecule has 0 aromatic rings. The predicted octanol–water partition coefficient (Wildman–Crippen LogP) is 3.01. The Morgan fingerprint density at radius 3 is 2.26 bits per heavy atom. The van der Waals surface area contributed by atoms with Gasteiger partial charge in [0, 0.05) is 6.61 Å². The summed E-state index contributed by atoms with van der Waals surface area (Å²) in [5.74, 6) is 2.91. The SMILES string of the molecule is COC(=O)C1CCC(C2CCC(CO)C(C)C2)CC1. The van der Waals surface area contributed by atoms with Gasteiger partial charge in [0.2, 0.25) is 0 Å². The van der Waals surface area contributed by atoms with Crippen LogP contribution in [0.5, 0.6) is 0 Å². The van der Waals surface area contributed by atoms with Crippen molar-refractivity contribution >= 4 is 5.97 Å². The van der Waals surface area contributed by atoms with Crippen molar-refractivity contribution < 1.29 is 14.6 Å². The molecule has 3 atom stereocenters. The van der Waals surface area contributed by atoms with Gasteiger partial charge in [-0.2, -0.15) is 0 Å². The molecule has 0 aliphatic heterocycles. The van der Waals surface area contributed by atoms with Gasteiger partial charge >= 0.3 is 5.97 Å². The first-order chi connectivity index (χ1) is 9.15. The summed E-state index contributed by atoms with van der Waals surface area (Å²) in [6.07, 6.45) is 8.08. The fourth-order valence-electron chi connectivity index (χ4n) is 4.19. The third-order valence-corrected chi connectivity index (χ3v) is 5.60. The molecule has 2 aliphatic rings. The molecule has 1 N–H and O–H groups in total. The first kappa shape index (κ1) is 14.8. The second kappa shape index (κ2) is 6.74. The molecule has 2 fully saturated rings. The van der Waals surface area contributed by atoms with Crippen LogP contribution < -0.4 is 0 Å². The third kappa shape index (κ3) is 3.50. The maximum absolute atomic E-state index is 11.5. The van der Waals surface area contributed by atoms with Crippen molar-refractivity contribution in [3.63, 3.8) is 0 Å². The second-order valence-corrected chi connectivity index (χ2v) is 6.63. The molecule has 3 heteroatoms. The monoisotopic (exact) mass is 268 g/mol. The molecule has 0 aromatic heterocycles. The summed E-state index contributed by atoms with van der Waals surface area (Å²) in [6, 6.07) is 0. The lowest BCUT2D eigenvalue weighted by Gasteiger charge is -2.39. The van der Waals surface area contributed by atoms with Crippen molar-refractivity contribution in [3.05, 3.63) is 0 Å². The van der Waals surface area contributed by atoms with Crippen LogP contribution in [0.1, 0.15) is 51.9 Å². The number of methoxy groups -OCH3 is 1. The van der Waals surface area contributed by atoms with E-state index >= 15 is 0 Å². The van der Waals surface area contributed by atoms with Crippen LogP contribution in [0.4, 0.5) is 0 Å².